The van der Waals surface area contributed by atoms with Crippen molar-refractivity contribution >= 4 is 17.5 Å². The highest BCUT2D eigenvalue weighted by atomic mass is 16.5. The lowest BCUT2D eigenvalue weighted by molar-refractivity contribution is 0.0927. The summed E-state index contributed by atoms with van der Waals surface area (Å²) < 4.78 is 7.66. The molecule has 1 aliphatic heterocycles. The van der Waals surface area contributed by atoms with Crippen LogP contribution in [-0.4, -0.2) is 33.5 Å². The number of hydrogen-bond donors (Lipinski definition) is 2. The highest BCUT2D eigenvalue weighted by Crippen LogP contribution is 2.27. The van der Waals surface area contributed by atoms with Crippen molar-refractivity contribution in [2.75, 3.05) is 5.32 Å². The number of nitrogens with one attached hydrogen (secondary N) is 2. The van der Waals surface area contributed by atoms with Crippen LogP contribution >= 0.6 is 0 Å². The van der Waals surface area contributed by atoms with Gasteiger partial charge < -0.3 is 19.9 Å². The third-order valence-electron chi connectivity index (χ3n) is 4.45. The minimum atomic E-state index is -0.325. The predicted octanol–water partition coefficient (Wildman–Crippen LogP) is 3.40. The number of anilines is 1. The lowest BCUT2D eigenvalue weighted by Gasteiger charge is -2.18. The molecule has 150 valence electrons. The Morgan fingerprint density at radius 1 is 1.11 bits per heavy atom. The van der Waals surface area contributed by atoms with Crippen LogP contribution in [0.15, 0.2) is 24.3 Å². The van der Waals surface area contributed by atoms with E-state index in [1.807, 2.05) is 50.5 Å². The number of ether oxygens (including phenoxy) is 1. The molecule has 7 heteroatoms. The van der Waals surface area contributed by atoms with Crippen LogP contribution in [0.4, 0.5) is 5.69 Å². The van der Waals surface area contributed by atoms with Crippen molar-refractivity contribution in [2.24, 2.45) is 0 Å². The lowest BCUT2D eigenvalue weighted by Crippen LogP contribution is -2.33. The van der Waals surface area contributed by atoms with E-state index in [-0.39, 0.29) is 24.0 Å². The van der Waals surface area contributed by atoms with Crippen LogP contribution in [0.2, 0.25) is 0 Å². The van der Waals surface area contributed by atoms with Gasteiger partial charge in [0.15, 0.2) is 11.5 Å². The van der Waals surface area contributed by atoms with Gasteiger partial charge in [0.05, 0.1) is 17.5 Å². The van der Waals surface area contributed by atoms with Gasteiger partial charge in [-0.2, -0.15) is 0 Å². The van der Waals surface area contributed by atoms with Gasteiger partial charge in [-0.3, -0.25) is 9.59 Å². The van der Waals surface area contributed by atoms with Gasteiger partial charge in [-0.05, 0) is 59.1 Å². The van der Waals surface area contributed by atoms with Crippen molar-refractivity contribution in [3.05, 3.63) is 41.5 Å². The fourth-order valence-electron chi connectivity index (χ4n) is 3.33. The summed E-state index contributed by atoms with van der Waals surface area (Å²) in [6.07, 6.45) is 2.67. The van der Waals surface area contributed by atoms with Crippen LogP contribution in [0.25, 0.3) is 0 Å². The number of hydrogen-bond acceptors (Lipinski definition) is 4. The van der Waals surface area contributed by atoms with E-state index in [1.165, 1.54) is 0 Å². The molecular weight excluding hydrogens is 356 g/mol. The van der Waals surface area contributed by atoms with E-state index in [9.17, 15) is 9.59 Å². The largest absolute Gasteiger partial charge is 0.489 e. The third-order valence-corrected chi connectivity index (χ3v) is 4.45. The van der Waals surface area contributed by atoms with E-state index in [2.05, 4.69) is 15.6 Å². The fraction of sp³-hybridized carbons (Fsp3) is 0.476. The average molecular weight is 384 g/mol. The van der Waals surface area contributed by atoms with Crippen molar-refractivity contribution in [1.29, 1.82) is 0 Å². The highest BCUT2D eigenvalue weighted by molar-refractivity contribution is 6.05. The molecule has 0 bridgehead atoms. The van der Waals surface area contributed by atoms with Gasteiger partial charge in [0.1, 0.15) is 5.75 Å². The van der Waals surface area contributed by atoms with Crippen LogP contribution in [0.5, 0.6) is 5.75 Å². The second-order valence-corrected chi connectivity index (χ2v) is 7.58. The molecule has 1 aromatic heterocycles. The second kappa shape index (κ2) is 8.46. The van der Waals surface area contributed by atoms with Gasteiger partial charge in [0.2, 0.25) is 0 Å². The molecule has 0 unspecified atom stereocenters. The Labute approximate surface area is 165 Å². The van der Waals surface area contributed by atoms with Crippen molar-refractivity contribution in [3.8, 4) is 5.75 Å². The second-order valence-electron chi connectivity index (χ2n) is 7.58. The van der Waals surface area contributed by atoms with Gasteiger partial charge in [-0.15, -0.1) is 0 Å². The van der Waals surface area contributed by atoms with E-state index in [0.717, 1.165) is 25.0 Å². The minimum absolute atomic E-state index is 0.00127. The van der Waals surface area contributed by atoms with Crippen molar-refractivity contribution in [2.45, 2.75) is 65.6 Å². The van der Waals surface area contributed by atoms with E-state index >= 15 is 0 Å². The number of amides is 2. The molecule has 28 heavy (non-hydrogen) atoms. The molecule has 0 radical (unpaired) electrons. The zero-order valence-electron chi connectivity index (χ0n) is 16.9. The van der Waals surface area contributed by atoms with Gasteiger partial charge >= 0.3 is 0 Å². The monoisotopic (exact) mass is 384 g/mol. The Kier molecular flexibility index (Phi) is 6.02. The molecule has 0 atom stereocenters. The number of para-hydroxylation sites is 2. The maximum Gasteiger partial charge on any atom is 0.287 e. The molecule has 2 aromatic rings. The zero-order chi connectivity index (χ0) is 20.3. The predicted molar refractivity (Wildman–Crippen MR) is 108 cm³/mol. The third kappa shape index (κ3) is 4.35. The first-order chi connectivity index (χ1) is 13.4. The van der Waals surface area contributed by atoms with Gasteiger partial charge in [-0.25, -0.2) is 4.98 Å². The molecule has 0 fully saturated rings. The van der Waals surface area contributed by atoms with Crippen LogP contribution in [-0.2, 0) is 13.0 Å². The Bertz CT molecular complexity index is 871. The van der Waals surface area contributed by atoms with Gasteiger partial charge in [0.25, 0.3) is 11.8 Å². The topological polar surface area (TPSA) is 85.2 Å². The summed E-state index contributed by atoms with van der Waals surface area (Å²) in [5.41, 5.74) is 1.72. The average Bonchev–Trinajstić information content (AvgIpc) is 3.02. The smallest absolute Gasteiger partial charge is 0.287 e. The summed E-state index contributed by atoms with van der Waals surface area (Å²) in [4.78, 5) is 30.0. The van der Waals surface area contributed by atoms with Crippen LogP contribution in [0, 0.1) is 0 Å². The molecule has 0 aliphatic carbocycles. The van der Waals surface area contributed by atoms with Crippen molar-refractivity contribution < 1.29 is 14.3 Å². The molecule has 2 amide bonds. The van der Waals surface area contributed by atoms with E-state index in [1.54, 1.807) is 6.07 Å². The standard InChI is InChI=1S/C21H28N4O3/c1-13(2)22-21(27)19-24-18(16-10-7-8-12-25(16)19)20(26)23-15-9-5-6-11-17(15)28-14(3)4/h5-6,9,11,13-14H,7-8,10,12H2,1-4H3,(H,22,27)(H,23,26). The van der Waals surface area contributed by atoms with E-state index < -0.39 is 0 Å². The summed E-state index contributed by atoms with van der Waals surface area (Å²) >= 11 is 0. The number of fused-ring (bicyclic) bond motifs is 1. The quantitative estimate of drug-likeness (QED) is 0.799. The molecule has 0 spiro atoms. The van der Waals surface area contributed by atoms with Gasteiger partial charge in [-0.1, -0.05) is 12.1 Å². The Morgan fingerprint density at radius 3 is 2.57 bits per heavy atom. The molecule has 2 N–H and O–H groups in total. The Hall–Kier alpha value is -2.83. The number of imidazole rings is 1. The lowest BCUT2D eigenvalue weighted by atomic mass is 10.1. The summed E-state index contributed by atoms with van der Waals surface area (Å²) in [5.74, 6) is 0.340. The van der Waals surface area contributed by atoms with E-state index in [4.69, 9.17) is 4.74 Å². The number of benzene rings is 1. The highest BCUT2D eigenvalue weighted by Gasteiger charge is 2.28. The van der Waals surface area contributed by atoms with Crippen molar-refractivity contribution in [1.82, 2.24) is 14.9 Å². The maximum atomic E-state index is 13.0. The molecule has 1 aromatic carbocycles. The molecule has 3 rings (SSSR count). The number of carbonyl (C=O) groups excluding carboxylic acids is 2. The normalized spacial score (nSPS) is 13.4. The summed E-state index contributed by atoms with van der Waals surface area (Å²) in [6, 6.07) is 7.32. The van der Waals surface area contributed by atoms with Crippen LogP contribution < -0.4 is 15.4 Å². The number of rotatable bonds is 6. The Morgan fingerprint density at radius 2 is 1.86 bits per heavy atom. The summed E-state index contributed by atoms with van der Waals surface area (Å²) in [5, 5.41) is 5.77. The van der Waals surface area contributed by atoms with Crippen molar-refractivity contribution in [3.63, 3.8) is 0 Å². The molecule has 0 saturated carbocycles. The molecule has 1 aliphatic rings. The number of aromatic nitrogens is 2. The fourth-order valence-corrected chi connectivity index (χ4v) is 3.33. The minimum Gasteiger partial charge on any atom is -0.489 e. The van der Waals surface area contributed by atoms with E-state index in [0.29, 0.717) is 29.5 Å². The number of carbonyl (C=O) groups is 2. The summed E-state index contributed by atoms with van der Waals surface area (Å²) in [6.45, 7) is 8.37. The van der Waals surface area contributed by atoms with Gasteiger partial charge in [0, 0.05) is 12.6 Å². The molecular formula is C21H28N4O3. The molecule has 7 nitrogen and oxygen atoms in total. The molecule has 0 saturated heterocycles. The first-order valence-corrected chi connectivity index (χ1v) is 9.84. The van der Waals surface area contributed by atoms with Crippen LogP contribution in [0.3, 0.4) is 0 Å². The summed E-state index contributed by atoms with van der Waals surface area (Å²) in [7, 11) is 0. The molecule has 2 heterocycles. The SMILES string of the molecule is CC(C)NC(=O)c1nc(C(=O)Nc2ccccc2OC(C)C)c2n1CCCC2. The van der Waals surface area contributed by atoms with Crippen LogP contribution in [0.1, 0.15) is 67.3 Å². The first-order valence-electron chi connectivity index (χ1n) is 9.84. The zero-order valence-corrected chi connectivity index (χ0v) is 16.9. The first kappa shape index (κ1) is 19.9. The Balaban J connectivity index is 1.90. The maximum absolute atomic E-state index is 13.0. The number of nitrogens with zero attached hydrogens (tertiary/aromatic N) is 2.